The Morgan fingerprint density at radius 3 is 2.59 bits per heavy atom. The Morgan fingerprint density at radius 2 is 2.06 bits per heavy atom. The highest BCUT2D eigenvalue weighted by Gasteiger charge is 2.03. The molecule has 1 aromatic heterocycles. The van der Waals surface area contributed by atoms with Gasteiger partial charge in [-0.05, 0) is 24.6 Å². The lowest BCUT2D eigenvalue weighted by Gasteiger charge is -2.04. The second kappa shape index (κ2) is 5.01. The zero-order valence-electron chi connectivity index (χ0n) is 10.1. The van der Waals surface area contributed by atoms with Gasteiger partial charge < -0.3 is 10.5 Å². The molecule has 0 aliphatic heterocycles. The van der Waals surface area contributed by atoms with Crippen LogP contribution in [0.1, 0.15) is 24.1 Å². The van der Waals surface area contributed by atoms with Gasteiger partial charge in [0.15, 0.2) is 0 Å². The standard InChI is InChI=1S/C13H17N3O/c1-10(14)12-7-15-16(9-12)8-11-3-5-13(17-2)6-4-11/h3-7,9-10H,8,14H2,1-2H3. The number of nitrogens with zero attached hydrogens (tertiary/aromatic N) is 2. The van der Waals surface area contributed by atoms with E-state index in [2.05, 4.69) is 5.10 Å². The van der Waals surface area contributed by atoms with Crippen LogP contribution in [0.3, 0.4) is 0 Å². The van der Waals surface area contributed by atoms with Crippen molar-refractivity contribution in [3.8, 4) is 5.75 Å². The van der Waals surface area contributed by atoms with Crippen LogP contribution in [0.2, 0.25) is 0 Å². The minimum Gasteiger partial charge on any atom is -0.497 e. The Kier molecular flexibility index (Phi) is 3.44. The average Bonchev–Trinajstić information content (AvgIpc) is 2.79. The summed E-state index contributed by atoms with van der Waals surface area (Å²) in [5.74, 6) is 0.866. The van der Waals surface area contributed by atoms with Gasteiger partial charge in [-0.3, -0.25) is 4.68 Å². The summed E-state index contributed by atoms with van der Waals surface area (Å²) in [7, 11) is 1.66. The molecular weight excluding hydrogens is 214 g/mol. The van der Waals surface area contributed by atoms with Gasteiger partial charge >= 0.3 is 0 Å². The average molecular weight is 231 g/mol. The summed E-state index contributed by atoms with van der Waals surface area (Å²) in [4.78, 5) is 0. The molecule has 0 radical (unpaired) electrons. The highest BCUT2D eigenvalue weighted by molar-refractivity contribution is 5.27. The Labute approximate surface area is 101 Å². The molecule has 90 valence electrons. The van der Waals surface area contributed by atoms with Gasteiger partial charge in [-0.15, -0.1) is 0 Å². The highest BCUT2D eigenvalue weighted by Crippen LogP contribution is 2.13. The molecule has 0 aliphatic carbocycles. The lowest BCUT2D eigenvalue weighted by Crippen LogP contribution is -2.04. The molecule has 2 aromatic rings. The molecule has 17 heavy (non-hydrogen) atoms. The number of ether oxygens (including phenoxy) is 1. The normalized spacial score (nSPS) is 12.4. The topological polar surface area (TPSA) is 53.1 Å². The van der Waals surface area contributed by atoms with E-state index in [0.29, 0.717) is 0 Å². The van der Waals surface area contributed by atoms with E-state index >= 15 is 0 Å². The molecule has 0 saturated heterocycles. The van der Waals surface area contributed by atoms with E-state index < -0.39 is 0 Å². The number of hydrogen-bond acceptors (Lipinski definition) is 3. The lowest BCUT2D eigenvalue weighted by molar-refractivity contribution is 0.414. The fourth-order valence-corrected chi connectivity index (χ4v) is 1.62. The molecule has 4 nitrogen and oxygen atoms in total. The fraction of sp³-hybridized carbons (Fsp3) is 0.308. The van der Waals surface area contributed by atoms with Gasteiger partial charge in [-0.2, -0.15) is 5.10 Å². The van der Waals surface area contributed by atoms with E-state index in [1.165, 1.54) is 5.56 Å². The maximum atomic E-state index is 5.79. The van der Waals surface area contributed by atoms with Gasteiger partial charge in [0, 0.05) is 17.8 Å². The van der Waals surface area contributed by atoms with Crippen LogP contribution in [0.5, 0.6) is 5.75 Å². The molecule has 1 aromatic carbocycles. The SMILES string of the molecule is COc1ccc(Cn2cc(C(C)N)cn2)cc1. The smallest absolute Gasteiger partial charge is 0.118 e. The third-order valence-electron chi connectivity index (χ3n) is 2.68. The molecule has 1 unspecified atom stereocenters. The Hall–Kier alpha value is -1.81. The van der Waals surface area contributed by atoms with E-state index in [9.17, 15) is 0 Å². The first-order valence-electron chi connectivity index (χ1n) is 5.60. The van der Waals surface area contributed by atoms with Crippen molar-refractivity contribution in [2.75, 3.05) is 7.11 Å². The zero-order valence-corrected chi connectivity index (χ0v) is 10.1. The second-order valence-electron chi connectivity index (χ2n) is 4.11. The van der Waals surface area contributed by atoms with Crippen molar-refractivity contribution >= 4 is 0 Å². The van der Waals surface area contributed by atoms with E-state index in [-0.39, 0.29) is 6.04 Å². The van der Waals surface area contributed by atoms with Crippen LogP contribution in [0.25, 0.3) is 0 Å². The van der Waals surface area contributed by atoms with Crippen LogP contribution in [-0.4, -0.2) is 16.9 Å². The fourth-order valence-electron chi connectivity index (χ4n) is 1.62. The van der Waals surface area contributed by atoms with Crippen LogP contribution in [0.4, 0.5) is 0 Å². The van der Waals surface area contributed by atoms with E-state index in [4.69, 9.17) is 10.5 Å². The first-order chi connectivity index (χ1) is 8.19. The lowest BCUT2D eigenvalue weighted by atomic mass is 10.2. The monoisotopic (exact) mass is 231 g/mol. The molecule has 2 rings (SSSR count). The summed E-state index contributed by atoms with van der Waals surface area (Å²) in [6.07, 6.45) is 3.79. The number of hydrogen-bond donors (Lipinski definition) is 1. The molecule has 0 bridgehead atoms. The summed E-state index contributed by atoms with van der Waals surface area (Å²) in [5, 5.41) is 4.28. The van der Waals surface area contributed by atoms with E-state index in [1.807, 2.05) is 48.3 Å². The van der Waals surface area contributed by atoms with Gasteiger partial charge in [0.1, 0.15) is 5.75 Å². The number of nitrogens with two attached hydrogens (primary N) is 1. The molecule has 0 saturated carbocycles. The summed E-state index contributed by atoms with van der Waals surface area (Å²) < 4.78 is 7.01. The quantitative estimate of drug-likeness (QED) is 0.875. The number of methoxy groups -OCH3 is 1. The van der Waals surface area contributed by atoms with Gasteiger partial charge in [0.2, 0.25) is 0 Å². The van der Waals surface area contributed by atoms with Gasteiger partial charge in [0.05, 0.1) is 19.9 Å². The van der Waals surface area contributed by atoms with Crippen molar-refractivity contribution in [3.63, 3.8) is 0 Å². The van der Waals surface area contributed by atoms with Crippen molar-refractivity contribution in [1.29, 1.82) is 0 Å². The Balaban J connectivity index is 2.08. The molecule has 1 atom stereocenters. The van der Waals surface area contributed by atoms with Gasteiger partial charge in [-0.25, -0.2) is 0 Å². The Bertz CT molecular complexity index is 474. The first-order valence-corrected chi connectivity index (χ1v) is 5.60. The van der Waals surface area contributed by atoms with Crippen molar-refractivity contribution in [1.82, 2.24) is 9.78 Å². The highest BCUT2D eigenvalue weighted by atomic mass is 16.5. The molecule has 0 aliphatic rings. The number of aromatic nitrogens is 2. The van der Waals surface area contributed by atoms with Gasteiger partial charge in [-0.1, -0.05) is 12.1 Å². The zero-order chi connectivity index (χ0) is 12.3. The van der Waals surface area contributed by atoms with E-state index in [1.54, 1.807) is 7.11 Å². The third-order valence-corrected chi connectivity index (χ3v) is 2.68. The van der Waals surface area contributed by atoms with Crippen molar-refractivity contribution < 1.29 is 4.74 Å². The minimum atomic E-state index is 0.0274. The maximum Gasteiger partial charge on any atom is 0.118 e. The molecule has 2 N–H and O–H groups in total. The van der Waals surface area contributed by atoms with Crippen LogP contribution in [0, 0.1) is 0 Å². The molecule has 1 heterocycles. The predicted molar refractivity (Wildman–Crippen MR) is 66.9 cm³/mol. The van der Waals surface area contributed by atoms with Crippen molar-refractivity contribution in [2.45, 2.75) is 19.5 Å². The summed E-state index contributed by atoms with van der Waals surface area (Å²) in [6, 6.07) is 7.99. The molecular formula is C13H17N3O. The van der Waals surface area contributed by atoms with E-state index in [0.717, 1.165) is 17.9 Å². The first kappa shape index (κ1) is 11.7. The van der Waals surface area contributed by atoms with Crippen LogP contribution < -0.4 is 10.5 Å². The summed E-state index contributed by atoms with van der Waals surface area (Å²) in [6.45, 7) is 2.70. The summed E-state index contributed by atoms with van der Waals surface area (Å²) in [5.41, 5.74) is 8.03. The largest absolute Gasteiger partial charge is 0.497 e. The number of benzene rings is 1. The Morgan fingerprint density at radius 1 is 1.35 bits per heavy atom. The van der Waals surface area contributed by atoms with Crippen LogP contribution in [-0.2, 0) is 6.54 Å². The molecule has 4 heteroatoms. The van der Waals surface area contributed by atoms with Crippen LogP contribution >= 0.6 is 0 Å². The van der Waals surface area contributed by atoms with Gasteiger partial charge in [0.25, 0.3) is 0 Å². The molecule has 0 amide bonds. The summed E-state index contributed by atoms with van der Waals surface area (Å²) >= 11 is 0. The van der Waals surface area contributed by atoms with Crippen LogP contribution in [0.15, 0.2) is 36.7 Å². The second-order valence-corrected chi connectivity index (χ2v) is 4.11. The van der Waals surface area contributed by atoms with Crippen molar-refractivity contribution in [2.24, 2.45) is 5.73 Å². The van der Waals surface area contributed by atoms with Crippen molar-refractivity contribution in [3.05, 3.63) is 47.8 Å². The minimum absolute atomic E-state index is 0.0274. The molecule has 0 spiro atoms. The number of rotatable bonds is 4. The third kappa shape index (κ3) is 2.85. The predicted octanol–water partition coefficient (Wildman–Crippen LogP) is 1.96. The molecule has 0 fully saturated rings. The maximum absolute atomic E-state index is 5.79.